The molecule has 0 aliphatic carbocycles. The minimum absolute atomic E-state index is 0.0605. The molecule has 7 nitrogen and oxygen atoms in total. The maximum Gasteiger partial charge on any atom is 0.344 e. The van der Waals surface area contributed by atoms with Gasteiger partial charge in [0.2, 0.25) is 5.88 Å². The molecule has 2 amide bonds. The number of ether oxygens (including phenoxy) is 1. The van der Waals surface area contributed by atoms with Crippen LogP contribution in [0.2, 0.25) is 0 Å². The van der Waals surface area contributed by atoms with Gasteiger partial charge in [-0.25, -0.2) is 9.59 Å². The first kappa shape index (κ1) is 17.2. The molecule has 1 aromatic rings. The Kier molecular flexibility index (Phi) is 6.41. The monoisotopic (exact) mass is 315 g/mol. The standard InChI is InChI=1S/C13H21N3O4S/c1-8(2)6-5-7-20-10-9(12(17)18)11(21-15-10)14-13(19)16(3)4/h8H,5-7H2,1-4H3,(H,14,19)(H,17,18). The first-order valence-electron chi connectivity index (χ1n) is 6.67. The van der Waals surface area contributed by atoms with Gasteiger partial charge < -0.3 is 14.7 Å². The fourth-order valence-corrected chi connectivity index (χ4v) is 2.23. The molecule has 0 atom stereocenters. The third-order valence-electron chi connectivity index (χ3n) is 2.67. The van der Waals surface area contributed by atoms with E-state index in [9.17, 15) is 14.7 Å². The summed E-state index contributed by atoms with van der Waals surface area (Å²) in [5.41, 5.74) is -0.0975. The van der Waals surface area contributed by atoms with E-state index in [0.717, 1.165) is 24.4 Å². The van der Waals surface area contributed by atoms with Crippen LogP contribution >= 0.6 is 11.5 Å². The predicted molar refractivity (Wildman–Crippen MR) is 81.3 cm³/mol. The molecular weight excluding hydrogens is 294 g/mol. The fourth-order valence-electron chi connectivity index (χ4n) is 1.52. The van der Waals surface area contributed by atoms with Crippen molar-refractivity contribution in [3.63, 3.8) is 0 Å². The van der Waals surface area contributed by atoms with Crippen molar-refractivity contribution in [2.24, 2.45) is 5.92 Å². The summed E-state index contributed by atoms with van der Waals surface area (Å²) >= 11 is 0.900. The molecule has 118 valence electrons. The third-order valence-corrected chi connectivity index (χ3v) is 3.41. The molecule has 21 heavy (non-hydrogen) atoms. The number of carboxylic acid groups (broad SMARTS) is 1. The molecule has 0 aliphatic heterocycles. The molecular formula is C13H21N3O4S. The van der Waals surface area contributed by atoms with E-state index in [0.29, 0.717) is 12.5 Å². The van der Waals surface area contributed by atoms with Crippen LogP contribution in [0.5, 0.6) is 5.88 Å². The summed E-state index contributed by atoms with van der Waals surface area (Å²) in [5, 5.41) is 11.9. The Morgan fingerprint density at radius 1 is 1.43 bits per heavy atom. The van der Waals surface area contributed by atoms with Crippen molar-refractivity contribution in [1.82, 2.24) is 9.27 Å². The Bertz CT molecular complexity index is 500. The summed E-state index contributed by atoms with van der Waals surface area (Å²) in [6, 6.07) is -0.410. The number of nitrogens with one attached hydrogen (secondary N) is 1. The lowest BCUT2D eigenvalue weighted by atomic mass is 10.1. The zero-order valence-electron chi connectivity index (χ0n) is 12.7. The van der Waals surface area contributed by atoms with E-state index in [4.69, 9.17) is 4.74 Å². The van der Waals surface area contributed by atoms with Crippen molar-refractivity contribution in [2.75, 3.05) is 26.0 Å². The van der Waals surface area contributed by atoms with Crippen molar-refractivity contribution < 1.29 is 19.4 Å². The lowest BCUT2D eigenvalue weighted by Crippen LogP contribution is -2.27. The SMILES string of the molecule is CC(C)CCCOc1nsc(NC(=O)N(C)C)c1C(=O)O. The van der Waals surface area contributed by atoms with Gasteiger partial charge in [-0.3, -0.25) is 5.32 Å². The first-order chi connectivity index (χ1) is 9.82. The van der Waals surface area contributed by atoms with Gasteiger partial charge in [0.1, 0.15) is 5.00 Å². The summed E-state index contributed by atoms with van der Waals surface area (Å²) in [5.74, 6) is -0.542. The second kappa shape index (κ2) is 7.82. The van der Waals surface area contributed by atoms with Crippen molar-refractivity contribution in [3.8, 4) is 5.88 Å². The van der Waals surface area contributed by atoms with Crippen LogP contribution < -0.4 is 10.1 Å². The van der Waals surface area contributed by atoms with E-state index in [2.05, 4.69) is 23.5 Å². The highest BCUT2D eigenvalue weighted by Crippen LogP contribution is 2.31. The van der Waals surface area contributed by atoms with Gasteiger partial charge in [-0.2, -0.15) is 4.37 Å². The van der Waals surface area contributed by atoms with Crippen LogP contribution in [0.3, 0.4) is 0 Å². The highest BCUT2D eigenvalue weighted by molar-refractivity contribution is 7.11. The number of carbonyl (C=O) groups excluding carboxylic acids is 1. The summed E-state index contributed by atoms with van der Waals surface area (Å²) in [7, 11) is 3.14. The minimum Gasteiger partial charge on any atom is -0.477 e. The van der Waals surface area contributed by atoms with Crippen molar-refractivity contribution >= 4 is 28.5 Å². The Morgan fingerprint density at radius 2 is 2.10 bits per heavy atom. The number of carboxylic acids is 1. The molecule has 1 aromatic heterocycles. The minimum atomic E-state index is -1.17. The summed E-state index contributed by atoms with van der Waals surface area (Å²) in [6.07, 6.45) is 1.82. The number of hydrogen-bond donors (Lipinski definition) is 2. The zero-order valence-corrected chi connectivity index (χ0v) is 13.5. The number of urea groups is 1. The molecule has 0 saturated heterocycles. The lowest BCUT2D eigenvalue weighted by molar-refractivity contribution is 0.0693. The molecule has 0 aromatic carbocycles. The number of aromatic nitrogens is 1. The van der Waals surface area contributed by atoms with Gasteiger partial charge in [-0.1, -0.05) is 13.8 Å². The quantitative estimate of drug-likeness (QED) is 0.755. The maximum atomic E-state index is 11.6. The molecule has 0 bridgehead atoms. The van der Waals surface area contributed by atoms with Crippen LogP contribution in [0, 0.1) is 5.92 Å². The molecule has 0 spiro atoms. The molecule has 0 aliphatic rings. The molecule has 1 rings (SSSR count). The van der Waals surface area contributed by atoms with Crippen LogP contribution in [0.25, 0.3) is 0 Å². The van der Waals surface area contributed by atoms with Crippen molar-refractivity contribution in [2.45, 2.75) is 26.7 Å². The molecule has 0 saturated carbocycles. The topological polar surface area (TPSA) is 91.8 Å². The third kappa shape index (κ3) is 5.22. The van der Waals surface area contributed by atoms with E-state index in [1.807, 2.05) is 0 Å². The Balaban J connectivity index is 2.75. The van der Waals surface area contributed by atoms with E-state index in [-0.39, 0.29) is 16.4 Å². The highest BCUT2D eigenvalue weighted by atomic mass is 32.1. The molecule has 2 N–H and O–H groups in total. The van der Waals surface area contributed by atoms with Crippen molar-refractivity contribution in [3.05, 3.63) is 5.56 Å². The summed E-state index contributed by atoms with van der Waals surface area (Å²) in [6.45, 7) is 4.63. The van der Waals surface area contributed by atoms with Gasteiger partial charge in [0.15, 0.2) is 5.56 Å². The van der Waals surface area contributed by atoms with Gasteiger partial charge >= 0.3 is 12.0 Å². The summed E-state index contributed by atoms with van der Waals surface area (Å²) in [4.78, 5) is 24.2. The lowest BCUT2D eigenvalue weighted by Gasteiger charge is -2.11. The highest BCUT2D eigenvalue weighted by Gasteiger charge is 2.23. The number of carbonyl (C=O) groups is 2. The molecule has 0 unspecified atom stereocenters. The van der Waals surface area contributed by atoms with Gasteiger partial charge in [0.05, 0.1) is 6.61 Å². The van der Waals surface area contributed by atoms with Gasteiger partial charge in [0.25, 0.3) is 0 Å². The second-order valence-electron chi connectivity index (χ2n) is 5.21. The number of hydrogen-bond acceptors (Lipinski definition) is 5. The number of amides is 2. The average Bonchev–Trinajstić information content (AvgIpc) is 2.77. The fraction of sp³-hybridized carbons (Fsp3) is 0.615. The number of aromatic carboxylic acids is 1. The number of nitrogens with zero attached hydrogens (tertiary/aromatic N) is 2. The van der Waals surface area contributed by atoms with Crippen LogP contribution in [0.1, 0.15) is 37.0 Å². The number of rotatable bonds is 7. The number of anilines is 1. The van der Waals surface area contributed by atoms with Crippen LogP contribution in [-0.2, 0) is 0 Å². The Hall–Kier alpha value is -1.83. The zero-order chi connectivity index (χ0) is 16.0. The molecule has 8 heteroatoms. The van der Waals surface area contributed by atoms with Gasteiger partial charge in [-0.15, -0.1) is 0 Å². The van der Waals surface area contributed by atoms with E-state index in [1.54, 1.807) is 14.1 Å². The summed E-state index contributed by atoms with van der Waals surface area (Å²) < 4.78 is 9.40. The smallest absolute Gasteiger partial charge is 0.344 e. The second-order valence-corrected chi connectivity index (χ2v) is 5.98. The first-order valence-corrected chi connectivity index (χ1v) is 7.44. The van der Waals surface area contributed by atoms with Crippen molar-refractivity contribution in [1.29, 1.82) is 0 Å². The molecule has 0 radical (unpaired) electrons. The van der Waals surface area contributed by atoms with Gasteiger partial charge in [0, 0.05) is 14.1 Å². The van der Waals surface area contributed by atoms with Crippen LogP contribution in [0.15, 0.2) is 0 Å². The van der Waals surface area contributed by atoms with E-state index < -0.39 is 12.0 Å². The van der Waals surface area contributed by atoms with E-state index >= 15 is 0 Å². The van der Waals surface area contributed by atoms with Gasteiger partial charge in [-0.05, 0) is 30.3 Å². The predicted octanol–water partition coefficient (Wildman–Crippen LogP) is 2.75. The Morgan fingerprint density at radius 3 is 2.62 bits per heavy atom. The normalized spacial score (nSPS) is 10.5. The molecule has 0 fully saturated rings. The Labute approximate surface area is 128 Å². The molecule has 1 heterocycles. The van der Waals surface area contributed by atoms with Crippen LogP contribution in [0.4, 0.5) is 9.80 Å². The van der Waals surface area contributed by atoms with Crippen LogP contribution in [-0.4, -0.2) is 47.1 Å². The largest absolute Gasteiger partial charge is 0.477 e. The average molecular weight is 315 g/mol. The maximum absolute atomic E-state index is 11.6. The van der Waals surface area contributed by atoms with E-state index in [1.165, 1.54) is 4.90 Å².